The molecule has 0 saturated heterocycles. The minimum absolute atomic E-state index is 0. The lowest BCUT2D eigenvalue weighted by atomic mass is 10.2. The van der Waals surface area contributed by atoms with E-state index in [4.69, 9.17) is 5.73 Å². The van der Waals surface area contributed by atoms with Crippen LogP contribution in [0.3, 0.4) is 0 Å². The molecule has 1 atom stereocenters. The molecule has 3 nitrogen and oxygen atoms in total. The van der Waals surface area contributed by atoms with E-state index < -0.39 is 24.6 Å². The van der Waals surface area contributed by atoms with Crippen LogP contribution < -0.4 is 5.73 Å². The smallest absolute Gasteiger partial charge is 0.391 e. The number of hydrogen-bond donors (Lipinski definition) is 1. The van der Waals surface area contributed by atoms with Crippen molar-refractivity contribution in [2.45, 2.75) is 25.6 Å². The Balaban J connectivity index is 0. The van der Waals surface area contributed by atoms with Crippen molar-refractivity contribution in [3.8, 4) is 0 Å². The molecule has 0 radical (unpaired) electrons. The summed E-state index contributed by atoms with van der Waals surface area (Å²) in [6.07, 6.45) is -5.77. The Morgan fingerprint density at radius 3 is 2.31 bits per heavy atom. The highest BCUT2D eigenvalue weighted by atomic mass is 35.5. The Morgan fingerprint density at radius 1 is 1.54 bits per heavy atom. The summed E-state index contributed by atoms with van der Waals surface area (Å²) in [4.78, 5) is 10.6. The highest BCUT2D eigenvalue weighted by Crippen LogP contribution is 2.20. The van der Waals surface area contributed by atoms with Gasteiger partial charge in [-0.15, -0.1) is 12.4 Å². The summed E-state index contributed by atoms with van der Waals surface area (Å²) in [5.41, 5.74) is 4.89. The molecular weight excluding hydrogens is 211 g/mol. The quantitative estimate of drug-likeness (QED) is 0.730. The molecule has 0 aromatic heterocycles. The van der Waals surface area contributed by atoms with Crippen LogP contribution in [0.4, 0.5) is 13.2 Å². The minimum Gasteiger partial charge on any atom is -0.465 e. The largest absolute Gasteiger partial charge is 0.465 e. The van der Waals surface area contributed by atoms with E-state index in [1.807, 2.05) is 0 Å². The average molecular weight is 222 g/mol. The molecular formula is C6H11ClF3NO2. The first-order valence-electron chi connectivity index (χ1n) is 3.35. The zero-order valence-corrected chi connectivity index (χ0v) is 7.74. The summed E-state index contributed by atoms with van der Waals surface area (Å²) in [7, 11) is 0. The van der Waals surface area contributed by atoms with E-state index >= 15 is 0 Å². The molecule has 0 aromatic carbocycles. The van der Waals surface area contributed by atoms with Crippen LogP contribution in [-0.2, 0) is 9.53 Å². The third-order valence-corrected chi connectivity index (χ3v) is 1.04. The Kier molecular flexibility index (Phi) is 6.97. The van der Waals surface area contributed by atoms with Crippen molar-refractivity contribution >= 4 is 18.4 Å². The molecule has 80 valence electrons. The lowest BCUT2D eigenvalue weighted by Crippen LogP contribution is -2.36. The van der Waals surface area contributed by atoms with Gasteiger partial charge < -0.3 is 10.5 Å². The van der Waals surface area contributed by atoms with Gasteiger partial charge in [-0.25, -0.2) is 0 Å². The van der Waals surface area contributed by atoms with Gasteiger partial charge in [0.2, 0.25) is 0 Å². The summed E-state index contributed by atoms with van der Waals surface area (Å²) in [5, 5.41) is 0. The van der Waals surface area contributed by atoms with Crippen molar-refractivity contribution in [3.63, 3.8) is 0 Å². The first-order chi connectivity index (χ1) is 5.37. The van der Waals surface area contributed by atoms with Crippen molar-refractivity contribution in [1.29, 1.82) is 0 Å². The number of ether oxygens (including phenoxy) is 1. The van der Waals surface area contributed by atoms with Crippen LogP contribution in [0.2, 0.25) is 0 Å². The van der Waals surface area contributed by atoms with Gasteiger partial charge in [-0.05, 0) is 6.92 Å². The summed E-state index contributed by atoms with van der Waals surface area (Å²) in [5.74, 6) is -1.02. The first kappa shape index (κ1) is 15.0. The first-order valence-corrected chi connectivity index (χ1v) is 3.35. The minimum atomic E-state index is -4.42. The van der Waals surface area contributed by atoms with E-state index in [9.17, 15) is 18.0 Å². The molecule has 0 aliphatic rings. The maximum atomic E-state index is 11.6. The van der Waals surface area contributed by atoms with E-state index in [-0.39, 0.29) is 19.0 Å². The number of nitrogens with two attached hydrogens (primary N) is 1. The van der Waals surface area contributed by atoms with Crippen LogP contribution in [0.15, 0.2) is 0 Å². The monoisotopic (exact) mass is 221 g/mol. The lowest BCUT2D eigenvalue weighted by Gasteiger charge is -2.12. The number of alkyl halides is 3. The molecule has 0 aliphatic heterocycles. The van der Waals surface area contributed by atoms with Gasteiger partial charge in [0.05, 0.1) is 13.0 Å². The normalized spacial score (nSPS) is 13.0. The summed E-state index contributed by atoms with van der Waals surface area (Å²) < 4.78 is 39.1. The van der Waals surface area contributed by atoms with Gasteiger partial charge in [0.1, 0.15) is 6.04 Å². The number of esters is 1. The molecule has 0 rings (SSSR count). The molecule has 0 fully saturated rings. The lowest BCUT2D eigenvalue weighted by molar-refractivity contribution is -0.160. The topological polar surface area (TPSA) is 52.3 Å². The fraction of sp³-hybridized carbons (Fsp3) is 0.833. The van der Waals surface area contributed by atoms with Crippen molar-refractivity contribution in [2.75, 3.05) is 6.61 Å². The molecule has 0 saturated carbocycles. The van der Waals surface area contributed by atoms with Gasteiger partial charge >= 0.3 is 12.1 Å². The van der Waals surface area contributed by atoms with Gasteiger partial charge in [-0.1, -0.05) is 0 Å². The standard InChI is InChI=1S/C6H10F3NO2.ClH/c1-2-12-5(11)4(10)3-6(7,8)9;/h4H,2-3,10H2,1H3;1H/t4-;/m0./s1. The highest BCUT2D eigenvalue weighted by Gasteiger charge is 2.33. The predicted molar refractivity (Wildman–Crippen MR) is 42.5 cm³/mol. The van der Waals surface area contributed by atoms with Gasteiger partial charge in [-0.3, -0.25) is 4.79 Å². The molecule has 0 aliphatic carbocycles. The fourth-order valence-corrected chi connectivity index (χ4v) is 0.582. The summed E-state index contributed by atoms with van der Waals surface area (Å²) in [6.45, 7) is 1.53. The van der Waals surface area contributed by atoms with Crippen molar-refractivity contribution in [3.05, 3.63) is 0 Å². The Labute approximate surface area is 79.8 Å². The summed E-state index contributed by atoms with van der Waals surface area (Å²) >= 11 is 0. The maximum Gasteiger partial charge on any atom is 0.391 e. The van der Waals surface area contributed by atoms with Crippen LogP contribution in [-0.4, -0.2) is 24.8 Å². The molecule has 0 amide bonds. The van der Waals surface area contributed by atoms with Gasteiger partial charge in [0.25, 0.3) is 0 Å². The fourth-order valence-electron chi connectivity index (χ4n) is 0.582. The molecule has 0 aromatic rings. The molecule has 13 heavy (non-hydrogen) atoms. The SMILES string of the molecule is CCOC(=O)[C@@H](N)CC(F)(F)F.Cl. The van der Waals surface area contributed by atoms with Gasteiger partial charge in [-0.2, -0.15) is 13.2 Å². The van der Waals surface area contributed by atoms with E-state index in [1.165, 1.54) is 6.92 Å². The maximum absolute atomic E-state index is 11.6. The number of rotatable bonds is 3. The van der Waals surface area contributed by atoms with E-state index in [0.717, 1.165) is 0 Å². The zero-order chi connectivity index (χ0) is 9.78. The second-order valence-electron chi connectivity index (χ2n) is 2.18. The van der Waals surface area contributed by atoms with E-state index in [1.54, 1.807) is 0 Å². The number of halogens is 4. The van der Waals surface area contributed by atoms with Crippen molar-refractivity contribution in [1.82, 2.24) is 0 Å². The molecule has 0 spiro atoms. The Hall–Kier alpha value is -0.490. The van der Waals surface area contributed by atoms with Gasteiger partial charge in [0.15, 0.2) is 0 Å². The van der Waals surface area contributed by atoms with Crippen LogP contribution in [0, 0.1) is 0 Å². The predicted octanol–water partition coefficient (Wildman–Crippen LogP) is 1.25. The van der Waals surface area contributed by atoms with Crippen LogP contribution >= 0.6 is 12.4 Å². The molecule has 0 unspecified atom stereocenters. The third kappa shape index (κ3) is 7.86. The van der Waals surface area contributed by atoms with Crippen molar-refractivity contribution < 1.29 is 22.7 Å². The number of hydrogen-bond acceptors (Lipinski definition) is 3. The average Bonchev–Trinajstić information content (AvgIpc) is 1.84. The van der Waals surface area contributed by atoms with E-state index in [2.05, 4.69) is 4.74 Å². The van der Waals surface area contributed by atoms with Crippen LogP contribution in [0.1, 0.15) is 13.3 Å². The number of carbonyl (C=O) groups is 1. The molecule has 0 heterocycles. The van der Waals surface area contributed by atoms with Crippen LogP contribution in [0.5, 0.6) is 0 Å². The highest BCUT2D eigenvalue weighted by molar-refractivity contribution is 5.85. The summed E-state index contributed by atoms with van der Waals surface area (Å²) in [6, 6.07) is -1.61. The zero-order valence-electron chi connectivity index (χ0n) is 6.93. The third-order valence-electron chi connectivity index (χ3n) is 1.04. The second-order valence-corrected chi connectivity index (χ2v) is 2.18. The second kappa shape index (κ2) is 6.04. The molecule has 7 heteroatoms. The Morgan fingerprint density at radius 2 is 2.00 bits per heavy atom. The van der Waals surface area contributed by atoms with Gasteiger partial charge in [0, 0.05) is 0 Å². The Bertz CT molecular complexity index is 162. The molecule has 0 bridgehead atoms. The van der Waals surface area contributed by atoms with Crippen molar-refractivity contribution in [2.24, 2.45) is 5.73 Å². The van der Waals surface area contributed by atoms with Crippen LogP contribution in [0.25, 0.3) is 0 Å². The number of carbonyl (C=O) groups excluding carboxylic acids is 1. The molecule has 2 N–H and O–H groups in total. The van der Waals surface area contributed by atoms with E-state index in [0.29, 0.717) is 0 Å².